The maximum absolute atomic E-state index is 16.2. The van der Waals surface area contributed by atoms with Crippen molar-refractivity contribution in [2.45, 2.75) is 43.8 Å². The zero-order chi connectivity index (χ0) is 26.2. The summed E-state index contributed by atoms with van der Waals surface area (Å²) in [4.78, 5) is 54.3. The van der Waals surface area contributed by atoms with Crippen molar-refractivity contribution in [3.8, 4) is 0 Å². The molecule has 4 aliphatic heterocycles. The molecule has 0 aliphatic carbocycles. The second-order valence-electron chi connectivity index (χ2n) is 9.79. The fraction of sp³-hybridized carbons (Fsp3) is 0.522. The van der Waals surface area contributed by atoms with E-state index in [1.54, 1.807) is 25.0 Å². The van der Waals surface area contributed by atoms with Crippen LogP contribution in [0.3, 0.4) is 0 Å². The van der Waals surface area contributed by atoms with Gasteiger partial charge in [-0.3, -0.25) is 29.9 Å². The van der Waals surface area contributed by atoms with E-state index in [0.29, 0.717) is 18.7 Å². The van der Waals surface area contributed by atoms with Crippen molar-refractivity contribution in [2.75, 3.05) is 36.6 Å². The van der Waals surface area contributed by atoms with Crippen molar-refractivity contribution < 1.29 is 37.6 Å². The summed E-state index contributed by atoms with van der Waals surface area (Å²) in [5, 5.41) is 8.29. The summed E-state index contributed by atoms with van der Waals surface area (Å²) < 4.78 is 32.7. The Morgan fingerprint density at radius 2 is 1.95 bits per heavy atom. The van der Waals surface area contributed by atoms with Crippen LogP contribution in [0.4, 0.5) is 25.5 Å². The maximum atomic E-state index is 16.2. The molecule has 12 nitrogen and oxygen atoms in total. The minimum absolute atomic E-state index is 0.126. The number of nitrogens with zero attached hydrogens (tertiary/aromatic N) is 3. The van der Waals surface area contributed by atoms with Crippen LogP contribution in [0.15, 0.2) is 10.6 Å². The lowest BCUT2D eigenvalue weighted by Gasteiger charge is -2.55. The first kappa shape index (κ1) is 24.1. The quantitative estimate of drug-likeness (QED) is 0.558. The van der Waals surface area contributed by atoms with Crippen molar-refractivity contribution >= 4 is 57.3 Å². The maximum Gasteiger partial charge on any atom is 0.328 e. The average Bonchev–Trinajstić information content (AvgIpc) is 3.40. The van der Waals surface area contributed by atoms with Gasteiger partial charge in [0.25, 0.3) is 5.24 Å². The Morgan fingerprint density at radius 3 is 2.65 bits per heavy atom. The first-order chi connectivity index (χ1) is 17.6. The number of nitrogens with one attached hydrogen (secondary N) is 2. The second kappa shape index (κ2) is 8.39. The van der Waals surface area contributed by atoms with Gasteiger partial charge >= 0.3 is 6.03 Å². The first-order valence-corrected chi connectivity index (χ1v) is 12.7. The van der Waals surface area contributed by atoms with Crippen LogP contribution in [-0.2, 0) is 25.5 Å². The summed E-state index contributed by atoms with van der Waals surface area (Å²) in [6.07, 6.45) is -1.16. The molecule has 0 saturated carbocycles. The highest BCUT2D eigenvalue weighted by atomic mass is 32.2. The van der Waals surface area contributed by atoms with E-state index in [2.05, 4.69) is 15.8 Å². The number of aromatic nitrogens is 1. The van der Waals surface area contributed by atoms with Gasteiger partial charge in [-0.05, 0) is 25.5 Å². The number of hydrogen-bond donors (Lipinski definition) is 2. The van der Waals surface area contributed by atoms with Gasteiger partial charge in [-0.25, -0.2) is 9.18 Å². The molecule has 0 bridgehead atoms. The number of urea groups is 1. The Labute approximate surface area is 214 Å². The summed E-state index contributed by atoms with van der Waals surface area (Å²) >= 11 is 1.10. The lowest BCUT2D eigenvalue weighted by Crippen LogP contribution is -2.75. The van der Waals surface area contributed by atoms with Gasteiger partial charge in [-0.15, -0.1) is 0 Å². The Morgan fingerprint density at radius 1 is 1.22 bits per heavy atom. The minimum Gasteiger partial charge on any atom is -0.383 e. The van der Waals surface area contributed by atoms with Crippen molar-refractivity contribution in [3.63, 3.8) is 0 Å². The lowest BCUT2D eigenvalue weighted by atomic mass is 9.66. The third-order valence-corrected chi connectivity index (χ3v) is 8.47. The molecular formula is C23H24FN5O7S. The summed E-state index contributed by atoms with van der Waals surface area (Å²) in [5.41, 5.74) is -1.33. The van der Waals surface area contributed by atoms with Crippen molar-refractivity contribution in [2.24, 2.45) is 5.41 Å². The van der Waals surface area contributed by atoms with Crippen LogP contribution in [0.5, 0.6) is 0 Å². The van der Waals surface area contributed by atoms with Crippen molar-refractivity contribution in [1.82, 2.24) is 15.8 Å². The number of rotatable bonds is 3. The predicted octanol–water partition coefficient (Wildman–Crippen LogP) is 1.55. The number of carbonyl (C=O) groups excluding carboxylic acids is 4. The van der Waals surface area contributed by atoms with Gasteiger partial charge in [0, 0.05) is 26.6 Å². The fourth-order valence-electron chi connectivity index (χ4n) is 6.10. The molecule has 2 aromatic rings. The molecule has 3 saturated heterocycles. The Hall–Kier alpha value is -3.23. The van der Waals surface area contributed by atoms with E-state index < -0.39 is 41.2 Å². The van der Waals surface area contributed by atoms with Gasteiger partial charge in [0.15, 0.2) is 17.1 Å². The van der Waals surface area contributed by atoms with Crippen LogP contribution < -0.4 is 20.4 Å². The van der Waals surface area contributed by atoms with Crippen molar-refractivity contribution in [1.29, 1.82) is 0 Å². The standard InChI is InChI=1S/C23H24FN5O7S/c1-9-6-28-15-11(5-23(17(28)10(2)35-9)19(30)25-21(32)26-20(23)31)4-13-16(14(15)24)36-27-18(13)29-7-12(8-34-3)37-22(29)33/h4,9-10,12,17H,5-8H2,1-3H3,(H2,25,26,30,31,32)/t9-,10+,12?,17?/m1/s1. The molecular weight excluding hydrogens is 509 g/mol. The average molecular weight is 534 g/mol. The van der Waals surface area contributed by atoms with Gasteiger partial charge in [0.1, 0.15) is 0 Å². The molecule has 4 atom stereocenters. The number of methoxy groups -OCH3 is 1. The van der Waals surface area contributed by atoms with E-state index in [-0.39, 0.29) is 52.0 Å². The largest absolute Gasteiger partial charge is 0.383 e. The summed E-state index contributed by atoms with van der Waals surface area (Å²) in [6.45, 7) is 4.38. The third-order valence-electron chi connectivity index (χ3n) is 7.43. The van der Waals surface area contributed by atoms with E-state index in [1.807, 2.05) is 6.92 Å². The molecule has 0 radical (unpaired) electrons. The number of imide groups is 2. The molecule has 3 fully saturated rings. The van der Waals surface area contributed by atoms with Gasteiger partial charge in [-0.2, -0.15) is 0 Å². The number of ether oxygens (including phenoxy) is 2. The molecule has 2 unspecified atom stereocenters. The number of amides is 5. The molecule has 1 spiro atoms. The highest BCUT2D eigenvalue weighted by Gasteiger charge is 2.63. The van der Waals surface area contributed by atoms with Crippen LogP contribution in [0.2, 0.25) is 0 Å². The number of hydrogen-bond acceptors (Lipinski definition) is 10. The number of thioether (sulfide) groups is 1. The minimum atomic E-state index is -1.75. The van der Waals surface area contributed by atoms with Crippen LogP contribution in [0.1, 0.15) is 19.4 Å². The van der Waals surface area contributed by atoms with Gasteiger partial charge in [0.05, 0.1) is 41.2 Å². The van der Waals surface area contributed by atoms with Crippen LogP contribution in [0, 0.1) is 11.2 Å². The van der Waals surface area contributed by atoms with Gasteiger partial charge < -0.3 is 18.9 Å². The van der Waals surface area contributed by atoms with E-state index >= 15 is 4.39 Å². The Bertz CT molecular complexity index is 1340. The number of morpholine rings is 1. The highest BCUT2D eigenvalue weighted by Crippen LogP contribution is 2.50. The SMILES string of the molecule is COCC1CN(c2noc3c(F)c4c(cc23)CC2(C(=O)NC(=O)NC2=O)C2[C@H](C)O[C@H](C)CN42)C(=O)S1. The normalized spacial score (nSPS) is 29.0. The molecule has 6 rings (SSSR count). The molecule has 4 aliphatic rings. The number of fused-ring (bicyclic) bond motifs is 5. The number of carbonyl (C=O) groups is 4. The first-order valence-electron chi connectivity index (χ1n) is 11.8. The molecule has 14 heteroatoms. The Kier molecular flexibility index (Phi) is 5.47. The lowest BCUT2D eigenvalue weighted by molar-refractivity contribution is -0.153. The number of anilines is 2. The molecule has 37 heavy (non-hydrogen) atoms. The molecule has 196 valence electrons. The van der Waals surface area contributed by atoms with Crippen molar-refractivity contribution in [3.05, 3.63) is 17.4 Å². The zero-order valence-electron chi connectivity index (χ0n) is 20.2. The molecule has 1 aromatic carbocycles. The second-order valence-corrected chi connectivity index (χ2v) is 11.0. The van der Waals surface area contributed by atoms with Crippen LogP contribution in [-0.4, -0.2) is 78.5 Å². The van der Waals surface area contributed by atoms with Gasteiger partial charge in [0.2, 0.25) is 17.4 Å². The van der Waals surface area contributed by atoms with E-state index in [0.717, 1.165) is 11.8 Å². The number of barbiturate groups is 1. The molecule has 1 aromatic heterocycles. The van der Waals surface area contributed by atoms with E-state index in [4.69, 9.17) is 14.0 Å². The summed E-state index contributed by atoms with van der Waals surface area (Å²) in [7, 11) is 1.54. The summed E-state index contributed by atoms with van der Waals surface area (Å²) in [5.74, 6) is -2.09. The molecule has 5 amide bonds. The van der Waals surface area contributed by atoms with Gasteiger partial charge in [-0.1, -0.05) is 16.9 Å². The molecule has 2 N–H and O–H groups in total. The third kappa shape index (κ3) is 3.38. The molecule has 5 heterocycles. The van der Waals surface area contributed by atoms with Crippen LogP contribution >= 0.6 is 11.8 Å². The van der Waals surface area contributed by atoms with E-state index in [1.165, 1.54) is 4.90 Å². The monoisotopic (exact) mass is 533 g/mol. The fourth-order valence-corrected chi connectivity index (χ4v) is 7.10. The zero-order valence-corrected chi connectivity index (χ0v) is 21.0. The number of halogens is 1. The van der Waals surface area contributed by atoms with E-state index in [9.17, 15) is 19.2 Å². The topological polar surface area (TPSA) is 143 Å². The summed E-state index contributed by atoms with van der Waals surface area (Å²) in [6, 6.07) is -0.180. The van der Waals surface area contributed by atoms with Crippen LogP contribution in [0.25, 0.3) is 11.0 Å². The highest BCUT2D eigenvalue weighted by molar-refractivity contribution is 8.14. The smallest absolute Gasteiger partial charge is 0.328 e. The number of benzene rings is 1. The predicted molar refractivity (Wildman–Crippen MR) is 129 cm³/mol. The Balaban J connectivity index is 1.52.